The number of carboxylic acid groups (broad SMARTS) is 1. The maximum atomic E-state index is 11.2. The summed E-state index contributed by atoms with van der Waals surface area (Å²) in [5, 5.41) is 12.4. The van der Waals surface area contributed by atoms with Crippen LogP contribution in [-0.4, -0.2) is 24.2 Å². The largest absolute Gasteiger partial charge is 0.497 e. The summed E-state index contributed by atoms with van der Waals surface area (Å²) in [7, 11) is 1.57. The van der Waals surface area contributed by atoms with Gasteiger partial charge in [0.15, 0.2) is 0 Å². The van der Waals surface area contributed by atoms with Gasteiger partial charge < -0.3 is 15.2 Å². The van der Waals surface area contributed by atoms with Crippen LogP contribution in [0.25, 0.3) is 0 Å². The molecule has 2 unspecified atom stereocenters. The molecular weight excluding hydrogens is 230 g/mol. The summed E-state index contributed by atoms with van der Waals surface area (Å²) >= 11 is 0. The van der Waals surface area contributed by atoms with Crippen LogP contribution in [0.4, 0.5) is 5.69 Å². The summed E-state index contributed by atoms with van der Waals surface area (Å²) in [6.45, 7) is 6.31. The van der Waals surface area contributed by atoms with Crippen molar-refractivity contribution in [2.75, 3.05) is 12.4 Å². The Balaban J connectivity index is 3.00. The topological polar surface area (TPSA) is 58.6 Å². The summed E-state index contributed by atoms with van der Waals surface area (Å²) in [4.78, 5) is 11.2. The van der Waals surface area contributed by atoms with Gasteiger partial charge in [-0.05, 0) is 25.0 Å². The van der Waals surface area contributed by atoms with E-state index in [2.05, 4.69) is 26.1 Å². The molecule has 0 aliphatic rings. The Hall–Kier alpha value is -1.71. The van der Waals surface area contributed by atoms with E-state index in [1.54, 1.807) is 25.3 Å². The number of nitrogens with one attached hydrogen (secondary N) is 1. The maximum absolute atomic E-state index is 11.2. The van der Waals surface area contributed by atoms with Gasteiger partial charge in [-0.3, -0.25) is 0 Å². The van der Waals surface area contributed by atoms with E-state index in [4.69, 9.17) is 9.84 Å². The second-order valence-corrected chi connectivity index (χ2v) is 4.54. The number of carbonyl (C=O) groups is 1. The molecule has 0 saturated heterocycles. The first kappa shape index (κ1) is 14.4. The Bertz CT molecular complexity index is 418. The van der Waals surface area contributed by atoms with Gasteiger partial charge in [-0.25, -0.2) is 4.79 Å². The lowest BCUT2D eigenvalue weighted by atomic mass is 10.00. The Morgan fingerprint density at radius 1 is 1.44 bits per heavy atom. The summed E-state index contributed by atoms with van der Waals surface area (Å²) in [5.41, 5.74) is 0.876. The molecule has 2 N–H and O–H groups in total. The van der Waals surface area contributed by atoms with Crippen LogP contribution < -0.4 is 10.1 Å². The van der Waals surface area contributed by atoms with Crippen molar-refractivity contribution in [3.63, 3.8) is 0 Å². The predicted molar refractivity (Wildman–Crippen MR) is 72.5 cm³/mol. The van der Waals surface area contributed by atoms with Crippen LogP contribution in [-0.2, 0) is 0 Å². The molecule has 2 atom stereocenters. The van der Waals surface area contributed by atoms with E-state index >= 15 is 0 Å². The first-order chi connectivity index (χ1) is 8.49. The van der Waals surface area contributed by atoms with Crippen molar-refractivity contribution < 1.29 is 14.6 Å². The lowest BCUT2D eigenvalue weighted by Gasteiger charge is -2.22. The standard InChI is InChI=1S/C14H21NO3/c1-5-9(2)10(3)15-13-8-11(18-4)6-7-12(13)14(16)17/h6-10,15H,5H2,1-4H3,(H,16,17). The highest BCUT2D eigenvalue weighted by Crippen LogP contribution is 2.24. The second-order valence-electron chi connectivity index (χ2n) is 4.54. The molecule has 4 nitrogen and oxygen atoms in total. The molecule has 0 aliphatic heterocycles. The van der Waals surface area contributed by atoms with E-state index in [0.29, 0.717) is 17.4 Å². The number of hydrogen-bond acceptors (Lipinski definition) is 3. The van der Waals surface area contributed by atoms with Gasteiger partial charge in [-0.2, -0.15) is 0 Å². The number of anilines is 1. The highest BCUT2D eigenvalue weighted by Gasteiger charge is 2.15. The van der Waals surface area contributed by atoms with Gasteiger partial charge in [0.05, 0.1) is 18.4 Å². The summed E-state index contributed by atoms with van der Waals surface area (Å²) in [6.07, 6.45) is 1.04. The average molecular weight is 251 g/mol. The monoisotopic (exact) mass is 251 g/mol. The minimum Gasteiger partial charge on any atom is -0.497 e. The van der Waals surface area contributed by atoms with Gasteiger partial charge in [-0.1, -0.05) is 20.3 Å². The number of rotatable bonds is 6. The molecule has 4 heteroatoms. The number of methoxy groups -OCH3 is 1. The van der Waals surface area contributed by atoms with Gasteiger partial charge in [-0.15, -0.1) is 0 Å². The van der Waals surface area contributed by atoms with E-state index in [9.17, 15) is 4.79 Å². The third-order valence-corrected chi connectivity index (χ3v) is 3.34. The van der Waals surface area contributed by atoms with Gasteiger partial charge in [0.1, 0.15) is 5.75 Å². The van der Waals surface area contributed by atoms with Crippen molar-refractivity contribution in [2.24, 2.45) is 5.92 Å². The Labute approximate surface area is 108 Å². The zero-order valence-corrected chi connectivity index (χ0v) is 11.4. The van der Waals surface area contributed by atoms with Gasteiger partial charge in [0.2, 0.25) is 0 Å². The molecule has 0 aliphatic carbocycles. The van der Waals surface area contributed by atoms with Crippen LogP contribution in [0.15, 0.2) is 18.2 Å². The number of benzene rings is 1. The Kier molecular flexibility index (Phi) is 5.01. The van der Waals surface area contributed by atoms with Crippen LogP contribution in [0.1, 0.15) is 37.6 Å². The first-order valence-electron chi connectivity index (χ1n) is 6.17. The van der Waals surface area contributed by atoms with Crippen LogP contribution in [0.5, 0.6) is 5.75 Å². The molecule has 0 bridgehead atoms. The maximum Gasteiger partial charge on any atom is 0.337 e. The lowest BCUT2D eigenvalue weighted by molar-refractivity contribution is 0.0698. The number of ether oxygens (including phenoxy) is 1. The molecule has 0 amide bonds. The summed E-state index contributed by atoms with van der Waals surface area (Å²) in [5.74, 6) is 0.188. The highest BCUT2D eigenvalue weighted by atomic mass is 16.5. The Morgan fingerprint density at radius 2 is 2.11 bits per heavy atom. The quantitative estimate of drug-likeness (QED) is 0.815. The zero-order valence-electron chi connectivity index (χ0n) is 11.4. The van der Waals surface area contributed by atoms with Crippen LogP contribution in [0.2, 0.25) is 0 Å². The fraction of sp³-hybridized carbons (Fsp3) is 0.500. The zero-order chi connectivity index (χ0) is 13.7. The van der Waals surface area contributed by atoms with Gasteiger partial charge in [0.25, 0.3) is 0 Å². The van der Waals surface area contributed by atoms with E-state index in [1.807, 2.05) is 0 Å². The van der Waals surface area contributed by atoms with E-state index < -0.39 is 5.97 Å². The smallest absolute Gasteiger partial charge is 0.337 e. The molecule has 0 radical (unpaired) electrons. The van der Waals surface area contributed by atoms with Crippen LogP contribution in [0.3, 0.4) is 0 Å². The highest BCUT2D eigenvalue weighted by molar-refractivity contribution is 5.94. The number of hydrogen-bond donors (Lipinski definition) is 2. The number of carboxylic acids is 1. The first-order valence-corrected chi connectivity index (χ1v) is 6.17. The molecule has 0 fully saturated rings. The molecule has 0 aromatic heterocycles. The van der Waals surface area contributed by atoms with E-state index in [0.717, 1.165) is 6.42 Å². The minimum absolute atomic E-state index is 0.209. The molecule has 0 spiro atoms. The SMILES string of the molecule is CCC(C)C(C)Nc1cc(OC)ccc1C(=O)O. The second kappa shape index (κ2) is 6.28. The minimum atomic E-state index is -0.934. The van der Waals surface area contributed by atoms with Crippen molar-refractivity contribution in [1.29, 1.82) is 0 Å². The van der Waals surface area contributed by atoms with Crippen molar-refractivity contribution >= 4 is 11.7 Å². The van der Waals surface area contributed by atoms with Crippen LogP contribution >= 0.6 is 0 Å². The average Bonchev–Trinajstić information content (AvgIpc) is 2.37. The lowest BCUT2D eigenvalue weighted by Crippen LogP contribution is -2.24. The normalized spacial score (nSPS) is 13.8. The van der Waals surface area contributed by atoms with Crippen molar-refractivity contribution in [3.05, 3.63) is 23.8 Å². The fourth-order valence-electron chi connectivity index (χ4n) is 1.70. The van der Waals surface area contributed by atoms with Crippen molar-refractivity contribution in [3.8, 4) is 5.75 Å². The van der Waals surface area contributed by atoms with Crippen LogP contribution in [0, 0.1) is 5.92 Å². The van der Waals surface area contributed by atoms with Gasteiger partial charge >= 0.3 is 5.97 Å². The molecule has 0 saturated carbocycles. The molecule has 1 aromatic rings. The summed E-state index contributed by atoms with van der Waals surface area (Å²) < 4.78 is 5.13. The van der Waals surface area contributed by atoms with Gasteiger partial charge in [0, 0.05) is 12.1 Å². The third-order valence-electron chi connectivity index (χ3n) is 3.34. The van der Waals surface area contributed by atoms with E-state index in [-0.39, 0.29) is 11.6 Å². The molecule has 100 valence electrons. The van der Waals surface area contributed by atoms with Crippen molar-refractivity contribution in [1.82, 2.24) is 0 Å². The molecule has 0 heterocycles. The predicted octanol–water partition coefficient (Wildman–Crippen LogP) is 3.24. The molecule has 18 heavy (non-hydrogen) atoms. The fourth-order valence-corrected chi connectivity index (χ4v) is 1.70. The Morgan fingerprint density at radius 3 is 2.61 bits per heavy atom. The summed E-state index contributed by atoms with van der Waals surface area (Å²) in [6, 6.07) is 5.15. The van der Waals surface area contributed by atoms with E-state index in [1.165, 1.54) is 0 Å². The third kappa shape index (κ3) is 3.39. The number of aromatic carboxylic acids is 1. The molecular formula is C14H21NO3. The molecule has 1 rings (SSSR count). The van der Waals surface area contributed by atoms with Crippen molar-refractivity contribution in [2.45, 2.75) is 33.2 Å². The molecule has 1 aromatic carbocycles.